The molecule has 0 aliphatic carbocycles. The number of hydrogen-bond acceptors (Lipinski definition) is 2. The number of benzene rings is 1. The maximum Gasteiger partial charge on any atom is 0.322 e. The van der Waals surface area contributed by atoms with Gasteiger partial charge in [-0.05, 0) is 6.07 Å². The van der Waals surface area contributed by atoms with E-state index < -0.39 is 6.03 Å². The third kappa shape index (κ3) is 1.50. The number of para-hydroxylation sites is 1. The van der Waals surface area contributed by atoms with Crippen LogP contribution in [-0.4, -0.2) is 10.9 Å². The minimum Gasteiger partial charge on any atom is -0.351 e. The number of fused-ring (bicyclic) bond motifs is 1. The zero-order chi connectivity index (χ0) is 9.97. The van der Waals surface area contributed by atoms with Gasteiger partial charge >= 0.3 is 6.03 Å². The summed E-state index contributed by atoms with van der Waals surface area (Å²) in [5, 5.41) is 1.70. The van der Waals surface area contributed by atoms with E-state index in [0.717, 1.165) is 10.6 Å². The highest BCUT2D eigenvalue weighted by Gasteiger charge is 2.02. The molecule has 0 atom stereocenters. The van der Waals surface area contributed by atoms with Crippen molar-refractivity contribution in [3.63, 3.8) is 0 Å². The molecule has 0 saturated heterocycles. The van der Waals surface area contributed by atoms with E-state index in [4.69, 9.17) is 5.73 Å². The van der Waals surface area contributed by atoms with Gasteiger partial charge in [0.15, 0.2) is 0 Å². The van der Waals surface area contributed by atoms with Crippen molar-refractivity contribution in [3.8, 4) is 0 Å². The molecule has 0 fully saturated rings. The largest absolute Gasteiger partial charge is 0.351 e. The first-order valence-electron chi connectivity index (χ1n) is 4.16. The van der Waals surface area contributed by atoms with E-state index >= 15 is 0 Å². The predicted octanol–water partition coefficient (Wildman–Crippen LogP) is -0.0903. The van der Waals surface area contributed by atoms with Crippen molar-refractivity contribution >= 4 is 12.2 Å². The Morgan fingerprint density at radius 1 is 1.36 bits per heavy atom. The van der Waals surface area contributed by atoms with Crippen molar-refractivity contribution in [3.05, 3.63) is 47.2 Å². The van der Waals surface area contributed by atoms with E-state index in [0.29, 0.717) is 0 Å². The van der Waals surface area contributed by atoms with Crippen LogP contribution >= 0.6 is 0 Å². The molecule has 14 heavy (non-hydrogen) atoms. The van der Waals surface area contributed by atoms with Gasteiger partial charge in [0, 0.05) is 23.8 Å². The normalized spacial score (nSPS) is 13.6. The number of nitrogens with two attached hydrogens (primary N) is 1. The third-order valence-electron chi connectivity index (χ3n) is 1.91. The SMILES string of the molecule is NC(=O)N1C=CN=c2ccccc2=C1. The second-order valence-corrected chi connectivity index (χ2v) is 2.86. The van der Waals surface area contributed by atoms with Crippen molar-refractivity contribution in [1.82, 2.24) is 4.90 Å². The van der Waals surface area contributed by atoms with Crippen LogP contribution < -0.4 is 16.3 Å². The molecule has 0 radical (unpaired) electrons. The van der Waals surface area contributed by atoms with Gasteiger partial charge < -0.3 is 5.73 Å². The van der Waals surface area contributed by atoms with Crippen LogP contribution in [-0.2, 0) is 0 Å². The van der Waals surface area contributed by atoms with Gasteiger partial charge in [-0.2, -0.15) is 0 Å². The number of carbonyl (C=O) groups excluding carboxylic acids is 1. The monoisotopic (exact) mass is 187 g/mol. The van der Waals surface area contributed by atoms with Crippen molar-refractivity contribution in [2.45, 2.75) is 0 Å². The molecule has 0 aromatic heterocycles. The van der Waals surface area contributed by atoms with Gasteiger partial charge in [0.2, 0.25) is 0 Å². The highest BCUT2D eigenvalue weighted by Crippen LogP contribution is 1.92. The molecule has 0 bridgehead atoms. The molecular weight excluding hydrogens is 178 g/mol. The van der Waals surface area contributed by atoms with Crippen molar-refractivity contribution in [1.29, 1.82) is 0 Å². The van der Waals surface area contributed by atoms with Gasteiger partial charge in [0.1, 0.15) is 0 Å². The van der Waals surface area contributed by atoms with Crippen molar-refractivity contribution in [2.24, 2.45) is 10.7 Å². The maximum absolute atomic E-state index is 10.9. The molecule has 1 heterocycles. The number of urea groups is 1. The lowest BCUT2D eigenvalue weighted by molar-refractivity contribution is 0.238. The Balaban J connectivity index is 2.63. The highest BCUT2D eigenvalue weighted by atomic mass is 16.2. The summed E-state index contributed by atoms with van der Waals surface area (Å²) in [7, 11) is 0. The number of primary amides is 1. The van der Waals surface area contributed by atoms with Gasteiger partial charge in [0.05, 0.1) is 5.36 Å². The Kier molecular flexibility index (Phi) is 2.02. The molecule has 0 spiro atoms. The Morgan fingerprint density at radius 2 is 2.14 bits per heavy atom. The average molecular weight is 187 g/mol. The summed E-state index contributed by atoms with van der Waals surface area (Å²) in [4.78, 5) is 16.4. The number of amides is 2. The molecule has 1 aromatic rings. The Bertz CT molecular complexity index is 504. The first-order valence-corrected chi connectivity index (χ1v) is 4.16. The number of nitrogens with zero attached hydrogens (tertiary/aromatic N) is 2. The summed E-state index contributed by atoms with van der Waals surface area (Å²) in [6.07, 6.45) is 4.74. The summed E-state index contributed by atoms with van der Waals surface area (Å²) in [6.45, 7) is 0. The zero-order valence-electron chi connectivity index (χ0n) is 7.42. The van der Waals surface area contributed by atoms with E-state index in [1.165, 1.54) is 11.1 Å². The Hall–Kier alpha value is -2.10. The summed E-state index contributed by atoms with van der Waals surface area (Å²) < 4.78 is 0. The lowest BCUT2D eigenvalue weighted by Gasteiger charge is -2.06. The molecule has 2 amide bonds. The van der Waals surface area contributed by atoms with Crippen LogP contribution in [0.25, 0.3) is 6.20 Å². The zero-order valence-corrected chi connectivity index (χ0v) is 7.42. The molecule has 1 aliphatic rings. The molecular formula is C10H9N3O. The number of rotatable bonds is 0. The lowest BCUT2D eigenvalue weighted by atomic mass is 10.3. The fourth-order valence-electron chi connectivity index (χ4n) is 1.23. The highest BCUT2D eigenvalue weighted by molar-refractivity contribution is 5.77. The topological polar surface area (TPSA) is 58.7 Å². The second-order valence-electron chi connectivity index (χ2n) is 2.86. The van der Waals surface area contributed by atoms with Gasteiger partial charge in [-0.25, -0.2) is 4.79 Å². The molecule has 70 valence electrons. The van der Waals surface area contributed by atoms with Crippen LogP contribution in [0.5, 0.6) is 0 Å². The molecule has 0 saturated carbocycles. The molecule has 1 aromatic carbocycles. The van der Waals surface area contributed by atoms with Crippen molar-refractivity contribution < 1.29 is 4.79 Å². The molecule has 4 nitrogen and oxygen atoms in total. The second kappa shape index (κ2) is 3.33. The van der Waals surface area contributed by atoms with E-state index in [9.17, 15) is 4.79 Å². The quantitative estimate of drug-likeness (QED) is 0.606. The van der Waals surface area contributed by atoms with Crippen LogP contribution in [0.1, 0.15) is 0 Å². The molecule has 0 unspecified atom stereocenters. The summed E-state index contributed by atoms with van der Waals surface area (Å²) in [5.74, 6) is 0. The fraction of sp³-hybridized carbons (Fsp3) is 0. The van der Waals surface area contributed by atoms with Crippen LogP contribution in [0, 0.1) is 0 Å². The van der Waals surface area contributed by atoms with Crippen LogP contribution in [0.2, 0.25) is 0 Å². The molecule has 1 aliphatic heterocycles. The lowest BCUT2D eigenvalue weighted by Crippen LogP contribution is -2.31. The maximum atomic E-state index is 10.9. The van der Waals surface area contributed by atoms with Gasteiger partial charge in [-0.3, -0.25) is 9.89 Å². The first-order chi connectivity index (χ1) is 6.77. The smallest absolute Gasteiger partial charge is 0.322 e. The van der Waals surface area contributed by atoms with E-state index in [1.807, 2.05) is 24.3 Å². The average Bonchev–Trinajstić information content (AvgIpc) is 2.39. The summed E-state index contributed by atoms with van der Waals surface area (Å²) in [6, 6.07) is 7.01. The minimum absolute atomic E-state index is 0.520. The van der Waals surface area contributed by atoms with Gasteiger partial charge in [-0.1, -0.05) is 18.2 Å². The number of carbonyl (C=O) groups is 1. The van der Waals surface area contributed by atoms with Crippen molar-refractivity contribution in [2.75, 3.05) is 0 Å². The van der Waals surface area contributed by atoms with Gasteiger partial charge in [0.25, 0.3) is 0 Å². The van der Waals surface area contributed by atoms with E-state index in [2.05, 4.69) is 4.99 Å². The predicted molar refractivity (Wildman–Crippen MR) is 52.3 cm³/mol. The number of hydrogen-bond donors (Lipinski definition) is 1. The van der Waals surface area contributed by atoms with E-state index in [-0.39, 0.29) is 0 Å². The Labute approximate surface area is 80.7 Å². The third-order valence-corrected chi connectivity index (χ3v) is 1.91. The van der Waals surface area contributed by atoms with Crippen LogP contribution in [0.4, 0.5) is 4.79 Å². The molecule has 4 heteroatoms. The summed E-state index contributed by atoms with van der Waals surface area (Å²) >= 11 is 0. The van der Waals surface area contributed by atoms with E-state index in [1.54, 1.807) is 12.4 Å². The minimum atomic E-state index is -0.520. The standard InChI is InChI=1S/C10H9N3O/c11-10(14)13-6-5-12-9-4-2-1-3-8(9)7-13/h1-7H,(H2,11,14). The van der Waals surface area contributed by atoms with Crippen LogP contribution in [0.3, 0.4) is 0 Å². The molecule has 2 N–H and O–H groups in total. The molecule has 2 rings (SSSR count). The van der Waals surface area contributed by atoms with Gasteiger partial charge in [-0.15, -0.1) is 0 Å². The fourth-order valence-corrected chi connectivity index (χ4v) is 1.23. The Morgan fingerprint density at radius 3 is 2.93 bits per heavy atom. The first kappa shape index (κ1) is 8.50. The summed E-state index contributed by atoms with van der Waals surface area (Å²) in [5.41, 5.74) is 5.16. The van der Waals surface area contributed by atoms with Crippen LogP contribution in [0.15, 0.2) is 41.7 Å².